The van der Waals surface area contributed by atoms with Crippen LogP contribution < -0.4 is 0 Å². The molecule has 0 radical (unpaired) electrons. The largest absolute Gasteiger partial charge is 0.323 e. The summed E-state index contributed by atoms with van der Waals surface area (Å²) in [6, 6.07) is 4.68. The first kappa shape index (κ1) is 22.4. The standard InChI is InChI=1S/C16H21Cl2N5O4S2/c1-21(2)29(26,27)23-11-19-16(20-23)28(24,25)22(12-6-3-4-7-12)10-13-14(17)8-5-9-15(13)18/h5,8-9,11-12H,3-4,6-7,10H2,1-2H3. The highest BCUT2D eigenvalue weighted by molar-refractivity contribution is 7.89. The monoisotopic (exact) mass is 481 g/mol. The Labute approximate surface area is 180 Å². The van der Waals surface area contributed by atoms with Gasteiger partial charge in [-0.25, -0.2) is 13.4 Å². The van der Waals surface area contributed by atoms with Gasteiger partial charge < -0.3 is 0 Å². The lowest BCUT2D eigenvalue weighted by Crippen LogP contribution is -2.39. The van der Waals surface area contributed by atoms with Crippen LogP contribution in [0, 0.1) is 0 Å². The summed E-state index contributed by atoms with van der Waals surface area (Å²) in [7, 11) is -5.54. The highest BCUT2D eigenvalue weighted by Gasteiger charge is 2.37. The van der Waals surface area contributed by atoms with E-state index in [1.54, 1.807) is 18.2 Å². The third-order valence-corrected chi connectivity index (χ3v) is 8.77. The van der Waals surface area contributed by atoms with Crippen LogP contribution in [0.15, 0.2) is 29.7 Å². The Kier molecular flexibility index (Phi) is 6.56. The molecule has 160 valence electrons. The van der Waals surface area contributed by atoms with Crippen molar-refractivity contribution in [3.05, 3.63) is 40.1 Å². The molecule has 0 saturated heterocycles. The molecule has 1 saturated carbocycles. The fourth-order valence-electron chi connectivity index (χ4n) is 3.18. The minimum Gasteiger partial charge on any atom is -0.203 e. The fraction of sp³-hybridized carbons (Fsp3) is 0.500. The Hall–Kier alpha value is -1.24. The molecule has 2 aromatic rings. The van der Waals surface area contributed by atoms with Gasteiger partial charge in [0.1, 0.15) is 6.33 Å². The quantitative estimate of drug-likeness (QED) is 0.600. The third kappa shape index (κ3) is 4.44. The maximum absolute atomic E-state index is 13.3. The predicted octanol–water partition coefficient (Wildman–Crippen LogP) is 2.37. The van der Waals surface area contributed by atoms with Crippen LogP contribution >= 0.6 is 23.2 Å². The van der Waals surface area contributed by atoms with E-state index < -0.39 is 25.4 Å². The lowest BCUT2D eigenvalue weighted by Gasteiger charge is -2.27. The third-order valence-electron chi connectivity index (χ3n) is 4.80. The number of halogens is 2. The molecule has 0 bridgehead atoms. The van der Waals surface area contributed by atoms with Gasteiger partial charge in [-0.15, -0.1) is 9.19 Å². The van der Waals surface area contributed by atoms with Crippen LogP contribution in [0.5, 0.6) is 0 Å². The minimum absolute atomic E-state index is 0.0551. The van der Waals surface area contributed by atoms with Crippen molar-refractivity contribution < 1.29 is 16.8 Å². The molecule has 1 aliphatic carbocycles. The van der Waals surface area contributed by atoms with Crippen molar-refractivity contribution >= 4 is 43.4 Å². The van der Waals surface area contributed by atoms with Crippen molar-refractivity contribution in [3.63, 3.8) is 0 Å². The summed E-state index contributed by atoms with van der Waals surface area (Å²) in [4.78, 5) is 3.77. The molecule has 0 N–H and O–H groups in total. The number of sulfonamides is 1. The molecule has 1 aliphatic rings. The number of nitrogens with zero attached hydrogens (tertiary/aromatic N) is 5. The lowest BCUT2D eigenvalue weighted by molar-refractivity contribution is 0.314. The summed E-state index contributed by atoms with van der Waals surface area (Å²) >= 11 is 12.5. The van der Waals surface area contributed by atoms with Gasteiger partial charge >= 0.3 is 10.2 Å². The highest BCUT2D eigenvalue weighted by atomic mass is 35.5. The first-order valence-electron chi connectivity index (χ1n) is 8.84. The molecule has 3 rings (SSSR count). The number of hydrogen-bond acceptors (Lipinski definition) is 6. The van der Waals surface area contributed by atoms with E-state index in [-0.39, 0.29) is 12.6 Å². The van der Waals surface area contributed by atoms with E-state index in [1.807, 2.05) is 0 Å². The van der Waals surface area contributed by atoms with Crippen molar-refractivity contribution in [2.24, 2.45) is 0 Å². The molecule has 0 spiro atoms. The van der Waals surface area contributed by atoms with Gasteiger partial charge in [0.15, 0.2) is 0 Å². The van der Waals surface area contributed by atoms with E-state index in [9.17, 15) is 16.8 Å². The second kappa shape index (κ2) is 8.48. The first-order valence-corrected chi connectivity index (χ1v) is 12.4. The van der Waals surface area contributed by atoms with Crippen molar-refractivity contribution in [1.82, 2.24) is 22.8 Å². The van der Waals surface area contributed by atoms with Crippen LogP contribution in [0.25, 0.3) is 0 Å². The van der Waals surface area contributed by atoms with Crippen LogP contribution in [-0.2, 0) is 26.8 Å². The molecular weight excluding hydrogens is 461 g/mol. The average Bonchev–Trinajstić information content (AvgIpc) is 3.33. The maximum atomic E-state index is 13.3. The molecule has 29 heavy (non-hydrogen) atoms. The molecule has 1 aromatic carbocycles. The van der Waals surface area contributed by atoms with E-state index >= 15 is 0 Å². The van der Waals surface area contributed by atoms with Gasteiger partial charge in [0, 0.05) is 42.3 Å². The molecule has 9 nitrogen and oxygen atoms in total. The normalized spacial score (nSPS) is 16.2. The summed E-state index contributed by atoms with van der Waals surface area (Å²) in [5.74, 6) is 0. The smallest absolute Gasteiger partial charge is 0.203 e. The number of hydrogen-bond donors (Lipinski definition) is 0. The fourth-order valence-corrected chi connectivity index (χ4v) is 5.91. The zero-order valence-corrected chi connectivity index (χ0v) is 19.0. The lowest BCUT2D eigenvalue weighted by atomic mass is 10.2. The summed E-state index contributed by atoms with van der Waals surface area (Å²) in [6.07, 6.45) is 4.02. The Morgan fingerprint density at radius 2 is 1.69 bits per heavy atom. The SMILES string of the molecule is CN(C)S(=O)(=O)n1cnc(S(=O)(=O)N(Cc2c(Cl)cccc2Cl)C2CCCC2)n1. The molecule has 1 aromatic heterocycles. The van der Waals surface area contributed by atoms with E-state index in [1.165, 1.54) is 18.4 Å². The van der Waals surface area contributed by atoms with Crippen LogP contribution in [0.4, 0.5) is 0 Å². The van der Waals surface area contributed by atoms with Crippen LogP contribution in [0.1, 0.15) is 31.2 Å². The second-order valence-corrected chi connectivity index (χ2v) is 11.5. The van der Waals surface area contributed by atoms with Gasteiger partial charge in [0.05, 0.1) is 0 Å². The van der Waals surface area contributed by atoms with Crippen LogP contribution in [0.2, 0.25) is 10.0 Å². The summed E-state index contributed by atoms with van der Waals surface area (Å²) in [5.41, 5.74) is 0.478. The molecule has 0 aliphatic heterocycles. The summed E-state index contributed by atoms with van der Waals surface area (Å²) in [5, 5.41) is 3.85. The molecular formula is C16H21Cl2N5O4S2. The van der Waals surface area contributed by atoms with E-state index in [2.05, 4.69) is 10.1 Å². The van der Waals surface area contributed by atoms with Crippen molar-refractivity contribution in [2.45, 2.75) is 43.4 Å². The van der Waals surface area contributed by atoms with Crippen molar-refractivity contribution in [3.8, 4) is 0 Å². The van der Waals surface area contributed by atoms with Crippen molar-refractivity contribution in [2.75, 3.05) is 14.1 Å². The number of aromatic nitrogens is 3. The van der Waals surface area contributed by atoms with E-state index in [4.69, 9.17) is 23.2 Å². The molecule has 0 unspecified atom stereocenters. The van der Waals surface area contributed by atoms with Gasteiger partial charge in [0.2, 0.25) is 0 Å². The zero-order chi connectivity index (χ0) is 21.4. The molecule has 0 atom stereocenters. The molecule has 13 heteroatoms. The Balaban J connectivity index is 2.03. The predicted molar refractivity (Wildman–Crippen MR) is 109 cm³/mol. The van der Waals surface area contributed by atoms with Gasteiger partial charge in [0.25, 0.3) is 15.2 Å². The van der Waals surface area contributed by atoms with Gasteiger partial charge in [-0.05, 0) is 25.0 Å². The summed E-state index contributed by atoms with van der Waals surface area (Å²) < 4.78 is 53.9. The van der Waals surface area contributed by atoms with E-state index in [0.29, 0.717) is 32.5 Å². The van der Waals surface area contributed by atoms with E-state index in [0.717, 1.165) is 23.5 Å². The van der Waals surface area contributed by atoms with Gasteiger partial charge in [-0.1, -0.05) is 42.1 Å². The topological polar surface area (TPSA) is 105 Å². The molecule has 1 heterocycles. The minimum atomic E-state index is -4.19. The average molecular weight is 482 g/mol. The Morgan fingerprint density at radius 1 is 1.10 bits per heavy atom. The summed E-state index contributed by atoms with van der Waals surface area (Å²) in [6.45, 7) is -0.0551. The van der Waals surface area contributed by atoms with Gasteiger partial charge in [-0.2, -0.15) is 17.0 Å². The Bertz CT molecular complexity index is 1080. The highest BCUT2D eigenvalue weighted by Crippen LogP contribution is 2.33. The van der Waals surface area contributed by atoms with Crippen LogP contribution in [0.3, 0.4) is 0 Å². The zero-order valence-electron chi connectivity index (χ0n) is 15.9. The maximum Gasteiger partial charge on any atom is 0.323 e. The van der Waals surface area contributed by atoms with Crippen LogP contribution in [-0.4, -0.2) is 59.8 Å². The van der Waals surface area contributed by atoms with Gasteiger partial charge in [-0.3, -0.25) is 0 Å². The van der Waals surface area contributed by atoms with Crippen molar-refractivity contribution in [1.29, 1.82) is 0 Å². The number of rotatable bonds is 7. The Morgan fingerprint density at radius 3 is 2.24 bits per heavy atom. The molecule has 1 fully saturated rings. The second-order valence-electron chi connectivity index (χ2n) is 6.88. The first-order chi connectivity index (χ1) is 13.5. The molecule has 0 amide bonds. The number of benzene rings is 1.